The minimum Gasteiger partial charge on any atom is -0.484 e. The summed E-state index contributed by atoms with van der Waals surface area (Å²) >= 11 is 0. The Morgan fingerprint density at radius 3 is 2.51 bits per heavy atom. The molecule has 4 aromatic rings. The van der Waals surface area contributed by atoms with Gasteiger partial charge in [-0.1, -0.05) is 45.0 Å². The summed E-state index contributed by atoms with van der Waals surface area (Å²) in [5, 5.41) is 18.1. The normalized spacial score (nSPS) is 21.4. The van der Waals surface area contributed by atoms with E-state index in [4.69, 9.17) is 14.7 Å². The van der Waals surface area contributed by atoms with E-state index >= 15 is 0 Å². The fourth-order valence-electron chi connectivity index (χ4n) is 6.92. The summed E-state index contributed by atoms with van der Waals surface area (Å²) in [6, 6.07) is 11.9. The number of allylic oxidation sites excluding steroid dienone is 1. The van der Waals surface area contributed by atoms with Crippen LogP contribution in [0.5, 0.6) is 5.75 Å². The second-order valence-corrected chi connectivity index (χ2v) is 16.7. The number of aliphatic imine (C=N–C) groups is 1. The monoisotopic (exact) mass is 747 g/mol. The molecular weight excluding hydrogens is 697 g/mol. The molecule has 1 aliphatic heterocycles. The number of urea groups is 1. The molecule has 1 fully saturated rings. The highest BCUT2D eigenvalue weighted by Crippen LogP contribution is 2.39. The van der Waals surface area contributed by atoms with Crippen LogP contribution in [-0.2, 0) is 20.8 Å². The molecule has 53 heavy (non-hydrogen) atoms. The first-order valence-corrected chi connectivity index (χ1v) is 19.9. The number of nitrogens with two attached hydrogens (primary N) is 2. The second kappa shape index (κ2) is 15.7. The van der Waals surface area contributed by atoms with Crippen LogP contribution in [0.25, 0.3) is 5.65 Å². The number of ether oxygens (including phenoxy) is 1. The van der Waals surface area contributed by atoms with Crippen molar-refractivity contribution in [2.75, 3.05) is 17.8 Å². The van der Waals surface area contributed by atoms with Gasteiger partial charge in [0.05, 0.1) is 37.8 Å². The van der Waals surface area contributed by atoms with Crippen molar-refractivity contribution < 1.29 is 27.4 Å². The van der Waals surface area contributed by atoms with Crippen molar-refractivity contribution in [1.29, 1.82) is 0 Å². The van der Waals surface area contributed by atoms with Crippen LogP contribution in [0.2, 0.25) is 0 Å². The van der Waals surface area contributed by atoms with E-state index < -0.39 is 16.1 Å². The number of amides is 2. The third-order valence-electron chi connectivity index (χ3n) is 9.78. The van der Waals surface area contributed by atoms with E-state index in [9.17, 15) is 13.2 Å². The molecule has 3 aromatic heterocycles. The van der Waals surface area contributed by atoms with E-state index in [1.54, 1.807) is 28.5 Å². The van der Waals surface area contributed by atoms with Crippen LogP contribution in [0.15, 0.2) is 71.8 Å². The van der Waals surface area contributed by atoms with Crippen LogP contribution in [0.4, 0.5) is 16.4 Å². The molecule has 0 bridgehead atoms. The lowest BCUT2D eigenvalue weighted by Crippen LogP contribution is -2.82. The lowest BCUT2D eigenvalue weighted by molar-refractivity contribution is -0.442. The largest absolute Gasteiger partial charge is 0.484 e. The number of fused-ring (bicyclic) bond motifs is 2. The number of nitrogens with one attached hydrogen (secondary N) is 1. The van der Waals surface area contributed by atoms with Gasteiger partial charge < -0.3 is 20.7 Å². The lowest BCUT2D eigenvalue weighted by atomic mass is 9.85. The fourth-order valence-corrected chi connectivity index (χ4v) is 7.29. The number of aromatic nitrogens is 5. The van der Waals surface area contributed by atoms with Gasteiger partial charge in [0.15, 0.2) is 11.3 Å². The first-order chi connectivity index (χ1) is 25.1. The van der Waals surface area contributed by atoms with Crippen molar-refractivity contribution in [2.45, 2.75) is 97.5 Å². The Morgan fingerprint density at radius 1 is 1.06 bits per heavy atom. The summed E-state index contributed by atoms with van der Waals surface area (Å²) in [6.07, 6.45) is 12.5. The van der Waals surface area contributed by atoms with Crippen LogP contribution >= 0.6 is 0 Å². The van der Waals surface area contributed by atoms with E-state index in [0.29, 0.717) is 42.1 Å². The molecule has 0 radical (unpaired) electrons. The van der Waals surface area contributed by atoms with Gasteiger partial charge in [-0.3, -0.25) is 18.6 Å². The molecular formula is C37H51N10O5S+. The number of carbonyl (C=O) groups excluding carboxylic acids is 1. The van der Waals surface area contributed by atoms with Crippen LogP contribution < -0.4 is 26.0 Å². The first-order valence-electron chi connectivity index (χ1n) is 18.1. The van der Waals surface area contributed by atoms with Crippen molar-refractivity contribution in [3.63, 3.8) is 0 Å². The summed E-state index contributed by atoms with van der Waals surface area (Å²) in [4.78, 5) is 20.3. The van der Waals surface area contributed by atoms with Gasteiger partial charge in [-0.15, -0.1) is 15.2 Å². The first kappa shape index (κ1) is 37.9. The average molecular weight is 748 g/mol. The van der Waals surface area contributed by atoms with E-state index in [1.165, 1.54) is 6.42 Å². The smallest absolute Gasteiger partial charge is 0.346 e. The standard InChI is InChI=1S/C37H50N10O5S/c1-24-10-9-11-25(2)47(24)36-44-43-34-17-14-27(23-46(34)36)52-31-16-15-30(28-12-7-8-13-29(28)31)41-35(48)42-33(20-32(38)37(3,4)5)40-26-21-39-45(22-26)18-19-51-53(6,49)50/h7-8,12-14,17,20-25,30-31H,9-11,15-16,18-19,38H2,1-6H3,(H2,40,41,42,48)/p+1/b32-20-/t24-,25+,30-,31+/m0/s1. The molecule has 1 saturated heterocycles. The van der Waals surface area contributed by atoms with E-state index in [-0.39, 0.29) is 30.7 Å². The fraction of sp³-hybridized carbons (Fsp3) is 0.486. The predicted molar refractivity (Wildman–Crippen MR) is 202 cm³/mol. The van der Waals surface area contributed by atoms with Gasteiger partial charge in [-0.05, 0) is 69.2 Å². The number of hydrogen-bond donors (Lipinski definition) is 3. The molecule has 1 aliphatic carbocycles. The maximum absolute atomic E-state index is 13.5. The number of carbonyl (C=O) groups is 1. The van der Waals surface area contributed by atoms with Gasteiger partial charge in [0.2, 0.25) is 11.8 Å². The highest BCUT2D eigenvalue weighted by Gasteiger charge is 2.31. The van der Waals surface area contributed by atoms with E-state index in [0.717, 1.165) is 47.6 Å². The van der Waals surface area contributed by atoms with E-state index in [1.807, 2.05) is 67.8 Å². The Morgan fingerprint density at radius 2 is 1.79 bits per heavy atom. The Hall–Kier alpha value is -4.80. The molecule has 2 amide bonds. The summed E-state index contributed by atoms with van der Waals surface area (Å²) in [7, 11) is -3.56. The number of anilines is 1. The van der Waals surface area contributed by atoms with Gasteiger partial charge in [0.1, 0.15) is 18.1 Å². The molecule has 0 spiro atoms. The molecule has 284 valence electrons. The average Bonchev–Trinajstić information content (AvgIpc) is 3.71. The number of amidine groups is 1. The minimum absolute atomic E-state index is 0.0510. The number of hydrogen-bond acceptors (Lipinski definition) is 10. The second-order valence-electron chi connectivity index (χ2n) is 15.0. The van der Waals surface area contributed by atoms with Crippen molar-refractivity contribution in [2.24, 2.45) is 16.1 Å². The zero-order valence-corrected chi connectivity index (χ0v) is 32.1. The lowest BCUT2D eigenvalue weighted by Gasteiger charge is -2.39. The summed E-state index contributed by atoms with van der Waals surface area (Å²) in [5.74, 6) is 1.91. The molecule has 5 N–H and O–H groups in total. The van der Waals surface area contributed by atoms with Crippen LogP contribution in [-0.4, -0.2) is 69.6 Å². The van der Waals surface area contributed by atoms with Crippen LogP contribution in [0.3, 0.4) is 0 Å². The van der Waals surface area contributed by atoms with Crippen molar-refractivity contribution >= 4 is 39.3 Å². The van der Waals surface area contributed by atoms with Gasteiger partial charge in [0, 0.05) is 29.3 Å². The molecule has 0 unspecified atom stereocenters. The van der Waals surface area contributed by atoms with Crippen molar-refractivity contribution in [1.82, 2.24) is 29.7 Å². The van der Waals surface area contributed by atoms with Crippen LogP contribution in [0.1, 0.15) is 90.0 Å². The maximum atomic E-state index is 13.5. The van der Waals surface area contributed by atoms with E-state index in [2.05, 4.69) is 44.4 Å². The Balaban J connectivity index is 1.18. The molecule has 1 aromatic carbocycles. The van der Waals surface area contributed by atoms with Gasteiger partial charge >= 0.3 is 6.03 Å². The number of rotatable bonds is 10. The Kier molecular flexibility index (Phi) is 11.2. The highest BCUT2D eigenvalue weighted by atomic mass is 32.2. The van der Waals surface area contributed by atoms with Gasteiger partial charge in [0.25, 0.3) is 10.1 Å². The Bertz CT molecular complexity index is 2090. The minimum atomic E-state index is -3.56. The third kappa shape index (κ3) is 9.42. The molecule has 16 heteroatoms. The predicted octanol–water partition coefficient (Wildman–Crippen LogP) is 4.52. The summed E-state index contributed by atoms with van der Waals surface area (Å²) in [5.41, 5.74) is 10.0. The zero-order valence-electron chi connectivity index (χ0n) is 31.3. The number of piperidine rings is 1. The van der Waals surface area contributed by atoms with Gasteiger partial charge in [-0.2, -0.15) is 13.5 Å². The Labute approximate surface area is 310 Å². The quantitative estimate of drug-likeness (QED) is 0.118. The summed E-state index contributed by atoms with van der Waals surface area (Å²) < 4.78 is 37.7. The van der Waals surface area contributed by atoms with Crippen LogP contribution in [0, 0.1) is 5.41 Å². The molecule has 0 saturated carbocycles. The van der Waals surface area contributed by atoms with Crippen molar-refractivity contribution in [3.05, 3.63) is 77.9 Å². The molecule has 4 heterocycles. The SMILES string of the molecule is C[C@@H]1CCC[C@H](C)N1c1nnc2ccc(O[C@@H]3CC[C@H](NC(=O)/N=C(\C=C(/N)C(C)(C)C)[NH2+]c4cnn(CCOS(C)(=O)=O)c4)c4ccccc43)cn12. The zero-order chi connectivity index (χ0) is 37.9. The number of pyridine rings is 1. The third-order valence-corrected chi connectivity index (χ3v) is 10.4. The molecule has 15 nitrogen and oxygen atoms in total. The highest BCUT2D eigenvalue weighted by molar-refractivity contribution is 7.85. The number of benzene rings is 1. The molecule has 6 rings (SSSR count). The molecule has 4 atom stereocenters. The topological polar surface area (TPSA) is 188 Å². The molecule has 2 aliphatic rings. The summed E-state index contributed by atoms with van der Waals surface area (Å²) in [6.45, 7) is 10.6. The number of nitrogens with zero attached hydrogens (tertiary/aromatic N) is 7. The number of quaternary nitrogens is 1. The van der Waals surface area contributed by atoms with Gasteiger partial charge in [-0.25, -0.2) is 4.79 Å². The van der Waals surface area contributed by atoms with Crippen molar-refractivity contribution in [3.8, 4) is 5.75 Å². The maximum Gasteiger partial charge on any atom is 0.346 e.